The number of nitrogens with zero attached hydrogens (tertiary/aromatic N) is 1. The van der Waals surface area contributed by atoms with Crippen LogP contribution in [0.2, 0.25) is 0 Å². The highest BCUT2D eigenvalue weighted by atomic mass is 16.5. The number of rotatable bonds is 7. The Kier molecular flexibility index (Phi) is 6.43. The van der Waals surface area contributed by atoms with Gasteiger partial charge in [0.25, 0.3) is 5.91 Å². The van der Waals surface area contributed by atoms with Crippen molar-refractivity contribution in [3.63, 3.8) is 0 Å². The zero-order valence-electron chi connectivity index (χ0n) is 11.7. The molecule has 0 spiro atoms. The molecule has 0 bridgehead atoms. The molecule has 0 aliphatic rings. The zero-order chi connectivity index (χ0) is 14.1. The minimum Gasteiger partial charge on any atom is -0.497 e. The van der Waals surface area contributed by atoms with Gasteiger partial charge >= 0.3 is 0 Å². The van der Waals surface area contributed by atoms with E-state index in [0.717, 1.165) is 30.0 Å². The molecular formula is C14H21N3O2. The number of hydrazone groups is 1. The highest BCUT2D eigenvalue weighted by Gasteiger charge is 2.01. The third-order valence-electron chi connectivity index (χ3n) is 2.70. The van der Waals surface area contributed by atoms with Crippen LogP contribution in [0, 0.1) is 0 Å². The summed E-state index contributed by atoms with van der Waals surface area (Å²) in [6.07, 6.45) is 1.70. The van der Waals surface area contributed by atoms with Gasteiger partial charge in [-0.3, -0.25) is 4.79 Å². The smallest absolute Gasteiger partial charge is 0.259 e. The number of ether oxygens (including phenoxy) is 1. The lowest BCUT2D eigenvalue weighted by molar-refractivity contribution is -0.119. The predicted molar refractivity (Wildman–Crippen MR) is 77.6 cm³/mol. The van der Waals surface area contributed by atoms with E-state index in [-0.39, 0.29) is 12.5 Å². The van der Waals surface area contributed by atoms with Crippen molar-refractivity contribution < 1.29 is 9.53 Å². The summed E-state index contributed by atoms with van der Waals surface area (Å²) in [6, 6.07) is 7.40. The molecule has 19 heavy (non-hydrogen) atoms. The molecule has 0 unspecified atom stereocenters. The van der Waals surface area contributed by atoms with Crippen molar-refractivity contribution in [2.24, 2.45) is 5.10 Å². The Balaban J connectivity index is 2.39. The Morgan fingerprint density at radius 2 is 1.84 bits per heavy atom. The molecule has 1 rings (SSSR count). The van der Waals surface area contributed by atoms with Crippen LogP contribution in [0.5, 0.6) is 5.75 Å². The minimum absolute atomic E-state index is 0.157. The van der Waals surface area contributed by atoms with Crippen LogP contribution < -0.4 is 15.5 Å². The van der Waals surface area contributed by atoms with E-state index in [9.17, 15) is 4.79 Å². The molecular weight excluding hydrogens is 242 g/mol. The maximum absolute atomic E-state index is 11.6. The van der Waals surface area contributed by atoms with Crippen LogP contribution in [0.3, 0.4) is 0 Å². The van der Waals surface area contributed by atoms with Gasteiger partial charge in [-0.15, -0.1) is 0 Å². The molecule has 2 N–H and O–H groups in total. The Labute approximate surface area is 114 Å². The van der Waals surface area contributed by atoms with E-state index >= 15 is 0 Å². The molecule has 0 heterocycles. The summed E-state index contributed by atoms with van der Waals surface area (Å²) in [5.41, 5.74) is 4.39. The summed E-state index contributed by atoms with van der Waals surface area (Å²) in [7, 11) is 1.62. The van der Waals surface area contributed by atoms with Gasteiger partial charge in [0.2, 0.25) is 0 Å². The fourth-order valence-corrected chi connectivity index (χ4v) is 1.48. The Morgan fingerprint density at radius 1 is 1.21 bits per heavy atom. The summed E-state index contributed by atoms with van der Waals surface area (Å²) < 4.78 is 5.06. The normalized spacial score (nSPS) is 9.63. The first kappa shape index (κ1) is 15.0. The second kappa shape index (κ2) is 8.13. The zero-order valence-corrected chi connectivity index (χ0v) is 11.7. The van der Waals surface area contributed by atoms with E-state index < -0.39 is 0 Å². The summed E-state index contributed by atoms with van der Waals surface area (Å²) in [5, 5.41) is 7.08. The number of amides is 1. The second-order valence-electron chi connectivity index (χ2n) is 4.00. The average Bonchev–Trinajstić information content (AvgIpc) is 2.46. The van der Waals surface area contributed by atoms with E-state index in [0.29, 0.717) is 0 Å². The van der Waals surface area contributed by atoms with Crippen LogP contribution in [0.25, 0.3) is 0 Å². The lowest BCUT2D eigenvalue weighted by atomic mass is 10.2. The molecule has 0 saturated heterocycles. The lowest BCUT2D eigenvalue weighted by Gasteiger charge is -2.07. The summed E-state index contributed by atoms with van der Waals surface area (Å²) in [4.78, 5) is 11.6. The van der Waals surface area contributed by atoms with Gasteiger partial charge in [0.1, 0.15) is 5.75 Å². The van der Waals surface area contributed by atoms with Gasteiger partial charge in [0.15, 0.2) is 0 Å². The first-order chi connectivity index (χ1) is 9.19. The second-order valence-corrected chi connectivity index (χ2v) is 4.00. The lowest BCUT2D eigenvalue weighted by Crippen LogP contribution is -2.26. The van der Waals surface area contributed by atoms with Gasteiger partial charge in [-0.25, -0.2) is 5.43 Å². The number of carbonyl (C=O) groups is 1. The maximum atomic E-state index is 11.6. The van der Waals surface area contributed by atoms with Crippen LogP contribution in [-0.4, -0.2) is 25.3 Å². The number of anilines is 1. The topological polar surface area (TPSA) is 62.7 Å². The van der Waals surface area contributed by atoms with Crippen molar-refractivity contribution in [3.8, 4) is 5.75 Å². The van der Waals surface area contributed by atoms with Crippen LogP contribution in [0.1, 0.15) is 26.7 Å². The number of benzene rings is 1. The van der Waals surface area contributed by atoms with Gasteiger partial charge in [0.05, 0.1) is 13.7 Å². The highest BCUT2D eigenvalue weighted by Crippen LogP contribution is 2.14. The third-order valence-corrected chi connectivity index (χ3v) is 2.70. The molecule has 1 aromatic rings. The maximum Gasteiger partial charge on any atom is 0.259 e. The van der Waals surface area contributed by atoms with E-state index in [1.54, 1.807) is 7.11 Å². The van der Waals surface area contributed by atoms with Crippen LogP contribution in [0.4, 0.5) is 5.69 Å². The van der Waals surface area contributed by atoms with Gasteiger partial charge < -0.3 is 10.1 Å². The van der Waals surface area contributed by atoms with Crippen molar-refractivity contribution in [3.05, 3.63) is 24.3 Å². The molecule has 1 aromatic carbocycles. The highest BCUT2D eigenvalue weighted by molar-refractivity contribution is 5.86. The Hall–Kier alpha value is -2.04. The fourth-order valence-electron chi connectivity index (χ4n) is 1.48. The molecule has 0 aliphatic heterocycles. The van der Waals surface area contributed by atoms with E-state index in [4.69, 9.17) is 4.74 Å². The first-order valence-corrected chi connectivity index (χ1v) is 6.41. The molecule has 0 radical (unpaired) electrons. The summed E-state index contributed by atoms with van der Waals surface area (Å²) >= 11 is 0. The minimum atomic E-state index is -0.157. The fraction of sp³-hybridized carbons (Fsp3) is 0.429. The molecule has 104 valence electrons. The Bertz CT molecular complexity index is 421. The van der Waals surface area contributed by atoms with Crippen LogP contribution in [-0.2, 0) is 4.79 Å². The number of carbonyl (C=O) groups excluding carboxylic acids is 1. The summed E-state index contributed by atoms with van der Waals surface area (Å²) in [6.45, 7) is 4.23. The van der Waals surface area contributed by atoms with Gasteiger partial charge in [-0.05, 0) is 37.1 Å². The van der Waals surface area contributed by atoms with E-state index in [2.05, 4.69) is 15.8 Å². The van der Waals surface area contributed by atoms with Crippen molar-refractivity contribution in [2.45, 2.75) is 26.7 Å². The number of nitrogens with one attached hydrogen (secondary N) is 2. The molecule has 0 saturated carbocycles. The standard InChI is InChI=1S/C14H21N3O2/c1-4-11(5-2)16-17-14(18)10-15-12-6-8-13(19-3)9-7-12/h6-9,15H,4-5,10H2,1-3H3,(H,17,18). The predicted octanol–water partition coefficient (Wildman–Crippen LogP) is 2.40. The number of hydrogen-bond acceptors (Lipinski definition) is 4. The van der Waals surface area contributed by atoms with Gasteiger partial charge in [0, 0.05) is 11.4 Å². The first-order valence-electron chi connectivity index (χ1n) is 6.41. The summed E-state index contributed by atoms with van der Waals surface area (Å²) in [5.74, 6) is 0.630. The molecule has 5 nitrogen and oxygen atoms in total. The van der Waals surface area contributed by atoms with Crippen molar-refractivity contribution >= 4 is 17.3 Å². The molecule has 0 fully saturated rings. The van der Waals surface area contributed by atoms with Gasteiger partial charge in [-0.1, -0.05) is 13.8 Å². The van der Waals surface area contributed by atoms with Crippen molar-refractivity contribution in [1.82, 2.24) is 5.43 Å². The third kappa shape index (κ3) is 5.42. The van der Waals surface area contributed by atoms with E-state index in [1.807, 2.05) is 38.1 Å². The van der Waals surface area contributed by atoms with Crippen LogP contribution >= 0.6 is 0 Å². The average molecular weight is 263 g/mol. The van der Waals surface area contributed by atoms with Crippen molar-refractivity contribution in [2.75, 3.05) is 19.0 Å². The monoisotopic (exact) mass is 263 g/mol. The SMILES string of the molecule is CCC(CC)=NNC(=O)CNc1ccc(OC)cc1. The molecule has 1 amide bonds. The number of hydrogen-bond donors (Lipinski definition) is 2. The molecule has 5 heteroatoms. The molecule has 0 aliphatic carbocycles. The number of methoxy groups -OCH3 is 1. The van der Waals surface area contributed by atoms with Gasteiger partial charge in [-0.2, -0.15) is 5.10 Å². The quantitative estimate of drug-likeness (QED) is 0.586. The molecule has 0 atom stereocenters. The largest absolute Gasteiger partial charge is 0.497 e. The van der Waals surface area contributed by atoms with Crippen LogP contribution in [0.15, 0.2) is 29.4 Å². The Morgan fingerprint density at radius 3 is 2.37 bits per heavy atom. The van der Waals surface area contributed by atoms with Crippen molar-refractivity contribution in [1.29, 1.82) is 0 Å². The van der Waals surface area contributed by atoms with E-state index in [1.165, 1.54) is 0 Å². The molecule has 0 aromatic heterocycles.